The van der Waals surface area contributed by atoms with E-state index in [0.717, 1.165) is 39.0 Å². The lowest BCUT2D eigenvalue weighted by molar-refractivity contribution is -0.384. The fourth-order valence-electron chi connectivity index (χ4n) is 2.65. The Kier molecular flexibility index (Phi) is 5.90. The summed E-state index contributed by atoms with van der Waals surface area (Å²) in [7, 11) is 0. The number of rotatable bonds is 5. The quantitative estimate of drug-likeness (QED) is 0.639. The maximum absolute atomic E-state index is 12.5. The molecule has 1 aliphatic heterocycles. The Morgan fingerprint density at radius 3 is 2.68 bits per heavy atom. The van der Waals surface area contributed by atoms with Crippen molar-refractivity contribution in [1.82, 2.24) is 10.2 Å². The predicted octanol–water partition coefficient (Wildman–Crippen LogP) is 2.82. The third kappa shape index (κ3) is 4.04. The van der Waals surface area contributed by atoms with Crippen molar-refractivity contribution in [2.75, 3.05) is 26.2 Å². The molecule has 1 fully saturated rings. The molecule has 2 rings (SSSR count). The van der Waals surface area contributed by atoms with E-state index in [-0.39, 0.29) is 11.6 Å². The van der Waals surface area contributed by atoms with Gasteiger partial charge in [-0.25, -0.2) is 0 Å². The number of piperidine rings is 1. The monoisotopic (exact) mass is 369 g/mol. The number of non-ortho nitro benzene ring substituents is 1. The number of nitrogens with one attached hydrogen (secondary N) is 1. The summed E-state index contributed by atoms with van der Waals surface area (Å²) in [6.07, 6.45) is 1.98. The van der Waals surface area contributed by atoms with Gasteiger partial charge < -0.3 is 10.2 Å². The first-order chi connectivity index (χ1) is 10.5. The Balaban J connectivity index is 1.99. The summed E-state index contributed by atoms with van der Waals surface area (Å²) >= 11 is 3.27. The van der Waals surface area contributed by atoms with Gasteiger partial charge in [-0.3, -0.25) is 14.9 Å². The van der Waals surface area contributed by atoms with Crippen LogP contribution in [0.4, 0.5) is 5.69 Å². The lowest BCUT2D eigenvalue weighted by Gasteiger charge is -2.32. The molecule has 1 saturated heterocycles. The number of hydrogen-bond donors (Lipinski definition) is 1. The van der Waals surface area contributed by atoms with Crippen LogP contribution in [0.3, 0.4) is 0 Å². The molecule has 0 atom stereocenters. The minimum Gasteiger partial charge on any atom is -0.339 e. The van der Waals surface area contributed by atoms with E-state index in [1.54, 1.807) is 0 Å². The van der Waals surface area contributed by atoms with Gasteiger partial charge in [-0.1, -0.05) is 6.92 Å². The van der Waals surface area contributed by atoms with Crippen LogP contribution in [-0.4, -0.2) is 41.9 Å². The molecule has 0 radical (unpaired) electrons. The van der Waals surface area contributed by atoms with Crippen molar-refractivity contribution >= 4 is 27.5 Å². The predicted molar refractivity (Wildman–Crippen MR) is 88.0 cm³/mol. The van der Waals surface area contributed by atoms with Crippen molar-refractivity contribution in [2.45, 2.75) is 19.8 Å². The lowest BCUT2D eigenvalue weighted by Crippen LogP contribution is -2.40. The Morgan fingerprint density at radius 2 is 2.14 bits per heavy atom. The van der Waals surface area contributed by atoms with Crippen LogP contribution in [0.15, 0.2) is 22.7 Å². The SMILES string of the molecule is CCNCC1CCN(C(=O)c2ccc([N+](=O)[O-])cc2Br)CC1. The number of nitro benzene ring substituents is 1. The third-order valence-corrected chi connectivity index (χ3v) is 4.63. The van der Waals surface area contributed by atoms with Gasteiger partial charge in [0.15, 0.2) is 0 Å². The van der Waals surface area contributed by atoms with E-state index >= 15 is 0 Å². The minimum atomic E-state index is -0.467. The highest BCUT2D eigenvalue weighted by molar-refractivity contribution is 9.10. The summed E-state index contributed by atoms with van der Waals surface area (Å²) < 4.78 is 0.474. The van der Waals surface area contributed by atoms with Crippen LogP contribution >= 0.6 is 15.9 Å². The normalized spacial score (nSPS) is 15.8. The van der Waals surface area contributed by atoms with Crippen molar-refractivity contribution < 1.29 is 9.72 Å². The number of likely N-dealkylation sites (tertiary alicyclic amines) is 1. The van der Waals surface area contributed by atoms with Crippen molar-refractivity contribution in [3.05, 3.63) is 38.3 Å². The second kappa shape index (κ2) is 7.69. The van der Waals surface area contributed by atoms with Gasteiger partial charge in [-0.2, -0.15) is 0 Å². The molecule has 1 aromatic carbocycles. The average molecular weight is 370 g/mol. The molecule has 120 valence electrons. The van der Waals surface area contributed by atoms with Gasteiger partial charge in [0.2, 0.25) is 0 Å². The smallest absolute Gasteiger partial charge is 0.270 e. The standard InChI is InChI=1S/C15H20BrN3O3/c1-2-17-10-11-5-7-18(8-6-11)15(20)13-4-3-12(19(21)22)9-14(13)16/h3-4,9,11,17H,2,5-8,10H2,1H3. The van der Waals surface area contributed by atoms with E-state index < -0.39 is 4.92 Å². The highest BCUT2D eigenvalue weighted by Crippen LogP contribution is 2.26. The molecule has 1 aromatic rings. The maximum Gasteiger partial charge on any atom is 0.270 e. The molecule has 0 spiro atoms. The van der Waals surface area contributed by atoms with Gasteiger partial charge in [0, 0.05) is 29.7 Å². The van der Waals surface area contributed by atoms with Crippen LogP contribution in [0.2, 0.25) is 0 Å². The molecule has 1 aliphatic rings. The summed E-state index contributed by atoms with van der Waals surface area (Å²) in [5.41, 5.74) is 0.462. The zero-order valence-corrected chi connectivity index (χ0v) is 14.1. The number of halogens is 1. The van der Waals surface area contributed by atoms with Crippen LogP contribution in [0.5, 0.6) is 0 Å². The van der Waals surface area contributed by atoms with E-state index in [4.69, 9.17) is 0 Å². The molecule has 0 unspecified atom stereocenters. The van der Waals surface area contributed by atoms with Crippen LogP contribution in [-0.2, 0) is 0 Å². The Hall–Kier alpha value is -1.47. The van der Waals surface area contributed by atoms with Gasteiger partial charge in [-0.05, 0) is 53.8 Å². The molecule has 0 saturated carbocycles. The molecule has 1 N–H and O–H groups in total. The maximum atomic E-state index is 12.5. The number of amides is 1. The van der Waals surface area contributed by atoms with Crippen molar-refractivity contribution in [3.63, 3.8) is 0 Å². The molecule has 0 aliphatic carbocycles. The highest BCUT2D eigenvalue weighted by atomic mass is 79.9. The molecule has 22 heavy (non-hydrogen) atoms. The van der Waals surface area contributed by atoms with E-state index in [1.807, 2.05) is 4.90 Å². The first-order valence-electron chi connectivity index (χ1n) is 7.46. The first-order valence-corrected chi connectivity index (χ1v) is 8.26. The van der Waals surface area contributed by atoms with E-state index in [9.17, 15) is 14.9 Å². The molecule has 6 nitrogen and oxygen atoms in total. The Labute approximate surface area is 138 Å². The van der Waals surface area contributed by atoms with Gasteiger partial charge >= 0.3 is 0 Å². The Morgan fingerprint density at radius 1 is 1.45 bits per heavy atom. The number of nitro groups is 1. The number of carbonyl (C=O) groups excluding carboxylic acids is 1. The van der Waals surface area contributed by atoms with Crippen molar-refractivity contribution in [1.29, 1.82) is 0 Å². The zero-order chi connectivity index (χ0) is 16.1. The number of carbonyl (C=O) groups is 1. The number of hydrogen-bond acceptors (Lipinski definition) is 4. The highest BCUT2D eigenvalue weighted by Gasteiger charge is 2.25. The minimum absolute atomic E-state index is 0.0206. The second-order valence-corrected chi connectivity index (χ2v) is 6.32. The summed E-state index contributed by atoms with van der Waals surface area (Å²) in [5.74, 6) is 0.549. The lowest BCUT2D eigenvalue weighted by atomic mass is 9.96. The van der Waals surface area contributed by atoms with Gasteiger partial charge in [-0.15, -0.1) is 0 Å². The first kappa shape index (κ1) is 16.9. The van der Waals surface area contributed by atoms with Crippen molar-refractivity contribution in [3.8, 4) is 0 Å². The third-order valence-electron chi connectivity index (χ3n) is 3.98. The van der Waals surface area contributed by atoms with Crippen molar-refractivity contribution in [2.24, 2.45) is 5.92 Å². The summed E-state index contributed by atoms with van der Waals surface area (Å²) in [6, 6.07) is 4.27. The van der Waals surface area contributed by atoms with E-state index in [0.29, 0.717) is 16.0 Å². The average Bonchev–Trinajstić information content (AvgIpc) is 2.52. The van der Waals surface area contributed by atoms with Crippen LogP contribution in [0.1, 0.15) is 30.1 Å². The topological polar surface area (TPSA) is 75.5 Å². The van der Waals surface area contributed by atoms with Gasteiger partial charge in [0.05, 0.1) is 10.5 Å². The largest absolute Gasteiger partial charge is 0.339 e. The fraction of sp³-hybridized carbons (Fsp3) is 0.533. The second-order valence-electron chi connectivity index (χ2n) is 5.46. The molecular weight excluding hydrogens is 350 g/mol. The zero-order valence-electron chi connectivity index (χ0n) is 12.5. The van der Waals surface area contributed by atoms with E-state index in [2.05, 4.69) is 28.2 Å². The molecule has 0 aromatic heterocycles. The van der Waals surface area contributed by atoms with Crippen LogP contribution in [0, 0.1) is 16.0 Å². The molecular formula is C15H20BrN3O3. The molecule has 1 heterocycles. The van der Waals surface area contributed by atoms with E-state index in [1.165, 1.54) is 18.2 Å². The summed E-state index contributed by atoms with van der Waals surface area (Å²) in [5, 5.41) is 14.1. The molecule has 0 bridgehead atoms. The summed E-state index contributed by atoms with van der Waals surface area (Å²) in [4.78, 5) is 24.6. The summed E-state index contributed by atoms with van der Waals surface area (Å²) in [6.45, 7) is 5.52. The number of benzene rings is 1. The molecule has 7 heteroatoms. The van der Waals surface area contributed by atoms with Gasteiger partial charge in [0.25, 0.3) is 11.6 Å². The fourth-order valence-corrected chi connectivity index (χ4v) is 3.19. The van der Waals surface area contributed by atoms with Crippen LogP contribution < -0.4 is 5.32 Å². The van der Waals surface area contributed by atoms with Crippen LogP contribution in [0.25, 0.3) is 0 Å². The number of nitrogens with zero attached hydrogens (tertiary/aromatic N) is 2. The Bertz CT molecular complexity index is 557. The van der Waals surface area contributed by atoms with Gasteiger partial charge in [0.1, 0.15) is 0 Å². The molecule has 1 amide bonds.